The van der Waals surface area contributed by atoms with Crippen LogP contribution in [0.25, 0.3) is 0 Å². The van der Waals surface area contributed by atoms with Gasteiger partial charge in [0.1, 0.15) is 5.75 Å². The van der Waals surface area contributed by atoms with Crippen molar-refractivity contribution in [3.8, 4) is 5.75 Å². The lowest BCUT2D eigenvalue weighted by atomic mass is 10.0. The van der Waals surface area contributed by atoms with Crippen molar-refractivity contribution in [3.05, 3.63) is 24.3 Å². The summed E-state index contributed by atoms with van der Waals surface area (Å²) in [4.78, 5) is 29.0. The highest BCUT2D eigenvalue weighted by Gasteiger charge is 2.41. The van der Waals surface area contributed by atoms with Crippen molar-refractivity contribution in [2.45, 2.75) is 32.2 Å². The summed E-state index contributed by atoms with van der Waals surface area (Å²) in [6.45, 7) is 2.76. The van der Waals surface area contributed by atoms with E-state index in [-0.39, 0.29) is 42.3 Å². The van der Waals surface area contributed by atoms with Gasteiger partial charge in [0.25, 0.3) is 0 Å². The minimum atomic E-state index is -3.08. The predicted octanol–water partition coefficient (Wildman–Crippen LogP) is 1.47. The number of hydrogen-bond donors (Lipinski definition) is 0. The van der Waals surface area contributed by atoms with Crippen molar-refractivity contribution < 1.29 is 22.7 Å². The Morgan fingerprint density at radius 1 is 1.33 bits per heavy atom. The molecule has 1 aromatic carbocycles. The van der Waals surface area contributed by atoms with Crippen LogP contribution in [0.1, 0.15) is 26.2 Å². The van der Waals surface area contributed by atoms with Crippen LogP contribution in [-0.4, -0.2) is 62.9 Å². The standard InChI is InChI=1S/C19H26N2O5S/c1-3-9-20(15-8-10-27(24,25)13-15)19(23)14-11-18(22)21(12-14)16-6-4-5-7-17(16)26-2/h4-7,14-15H,3,8-13H2,1-2H3. The Hall–Kier alpha value is -2.09. The molecule has 2 fully saturated rings. The third kappa shape index (κ3) is 4.10. The molecule has 2 unspecified atom stereocenters. The number of methoxy groups -OCH3 is 1. The number of benzene rings is 1. The maximum absolute atomic E-state index is 13.1. The number of anilines is 1. The van der Waals surface area contributed by atoms with Gasteiger partial charge in [0.05, 0.1) is 30.2 Å². The van der Waals surface area contributed by atoms with Crippen LogP contribution in [0.5, 0.6) is 5.75 Å². The van der Waals surface area contributed by atoms with Crippen LogP contribution >= 0.6 is 0 Å². The fraction of sp³-hybridized carbons (Fsp3) is 0.579. The van der Waals surface area contributed by atoms with E-state index in [0.717, 1.165) is 6.42 Å². The Morgan fingerprint density at radius 3 is 2.70 bits per heavy atom. The molecule has 2 atom stereocenters. The zero-order valence-electron chi connectivity index (χ0n) is 15.8. The van der Waals surface area contributed by atoms with Gasteiger partial charge in [0.2, 0.25) is 11.8 Å². The molecule has 8 heteroatoms. The van der Waals surface area contributed by atoms with Gasteiger partial charge in [-0.2, -0.15) is 0 Å². The van der Waals surface area contributed by atoms with E-state index in [2.05, 4.69) is 0 Å². The highest BCUT2D eigenvalue weighted by molar-refractivity contribution is 7.91. The quantitative estimate of drug-likeness (QED) is 0.730. The second-order valence-electron chi connectivity index (χ2n) is 7.17. The van der Waals surface area contributed by atoms with Crippen LogP contribution in [0.2, 0.25) is 0 Å². The first-order valence-corrected chi connectivity index (χ1v) is 11.1. The first kappa shape index (κ1) is 19.7. The second-order valence-corrected chi connectivity index (χ2v) is 9.39. The molecule has 2 saturated heterocycles. The molecule has 0 spiro atoms. The molecule has 0 radical (unpaired) electrons. The number of carbonyl (C=O) groups is 2. The number of carbonyl (C=O) groups excluding carboxylic acids is 2. The van der Waals surface area contributed by atoms with Gasteiger partial charge in [-0.15, -0.1) is 0 Å². The summed E-state index contributed by atoms with van der Waals surface area (Å²) in [5.74, 6) is 0.0409. The third-order valence-corrected chi connectivity index (χ3v) is 7.00. The maximum atomic E-state index is 13.1. The van der Waals surface area contributed by atoms with Gasteiger partial charge in [-0.05, 0) is 25.0 Å². The molecule has 2 aliphatic heterocycles. The molecule has 2 aliphatic rings. The minimum Gasteiger partial charge on any atom is -0.495 e. The second kappa shape index (κ2) is 7.88. The van der Waals surface area contributed by atoms with E-state index in [4.69, 9.17) is 4.74 Å². The van der Waals surface area contributed by atoms with Gasteiger partial charge in [0.15, 0.2) is 9.84 Å². The average Bonchev–Trinajstić information content (AvgIpc) is 3.21. The molecule has 3 rings (SSSR count). The zero-order chi connectivity index (χ0) is 19.6. The summed E-state index contributed by atoms with van der Waals surface area (Å²) in [7, 11) is -1.53. The number of amides is 2. The third-order valence-electron chi connectivity index (χ3n) is 5.25. The Kier molecular flexibility index (Phi) is 5.74. The number of hydrogen-bond acceptors (Lipinski definition) is 5. The molecule has 2 amide bonds. The van der Waals surface area contributed by atoms with Crippen LogP contribution < -0.4 is 9.64 Å². The van der Waals surface area contributed by atoms with Crippen LogP contribution in [0.3, 0.4) is 0 Å². The Labute approximate surface area is 160 Å². The maximum Gasteiger partial charge on any atom is 0.228 e. The number of sulfone groups is 1. The molecular formula is C19H26N2O5S. The Bertz CT molecular complexity index is 823. The highest BCUT2D eigenvalue weighted by atomic mass is 32.2. The van der Waals surface area contributed by atoms with E-state index >= 15 is 0 Å². The van der Waals surface area contributed by atoms with Gasteiger partial charge in [-0.3, -0.25) is 9.59 Å². The Morgan fingerprint density at radius 2 is 2.07 bits per heavy atom. The summed E-state index contributed by atoms with van der Waals surface area (Å²) in [5, 5.41) is 0. The van der Waals surface area contributed by atoms with Gasteiger partial charge in [-0.1, -0.05) is 19.1 Å². The SMILES string of the molecule is CCCN(C(=O)C1CC(=O)N(c2ccccc2OC)C1)C1CCS(=O)(=O)C1. The van der Waals surface area contributed by atoms with Gasteiger partial charge < -0.3 is 14.5 Å². The summed E-state index contributed by atoms with van der Waals surface area (Å²) >= 11 is 0. The fourth-order valence-corrected chi connectivity index (χ4v) is 5.66. The molecule has 148 valence electrons. The predicted molar refractivity (Wildman–Crippen MR) is 103 cm³/mol. The lowest BCUT2D eigenvalue weighted by Crippen LogP contribution is -2.45. The Balaban J connectivity index is 1.77. The monoisotopic (exact) mass is 394 g/mol. The van der Waals surface area contributed by atoms with Crippen molar-refractivity contribution in [3.63, 3.8) is 0 Å². The van der Waals surface area contributed by atoms with E-state index in [9.17, 15) is 18.0 Å². The molecule has 2 heterocycles. The van der Waals surface area contributed by atoms with Crippen LogP contribution in [0.4, 0.5) is 5.69 Å². The highest BCUT2D eigenvalue weighted by Crippen LogP contribution is 2.34. The number of ether oxygens (including phenoxy) is 1. The largest absolute Gasteiger partial charge is 0.495 e. The molecule has 0 N–H and O–H groups in total. The van der Waals surface area contributed by atoms with Crippen molar-refractivity contribution in [1.82, 2.24) is 4.90 Å². The van der Waals surface area contributed by atoms with Crippen molar-refractivity contribution in [2.75, 3.05) is 36.6 Å². The van der Waals surface area contributed by atoms with E-state index in [1.807, 2.05) is 19.1 Å². The summed E-state index contributed by atoms with van der Waals surface area (Å²) in [6.07, 6.45) is 1.36. The summed E-state index contributed by atoms with van der Waals surface area (Å²) < 4.78 is 29.0. The van der Waals surface area contributed by atoms with E-state index in [1.54, 1.807) is 29.0 Å². The molecule has 7 nitrogen and oxygen atoms in total. The summed E-state index contributed by atoms with van der Waals surface area (Å²) in [5.41, 5.74) is 0.658. The topological polar surface area (TPSA) is 84.0 Å². The first-order valence-electron chi connectivity index (χ1n) is 9.30. The number of para-hydroxylation sites is 2. The van der Waals surface area contributed by atoms with Crippen LogP contribution in [0, 0.1) is 5.92 Å². The van der Waals surface area contributed by atoms with E-state index in [1.165, 1.54) is 0 Å². The van der Waals surface area contributed by atoms with Gasteiger partial charge in [-0.25, -0.2) is 8.42 Å². The zero-order valence-corrected chi connectivity index (χ0v) is 16.6. The molecule has 0 bridgehead atoms. The lowest BCUT2D eigenvalue weighted by molar-refractivity contribution is -0.137. The molecule has 1 aromatic rings. The first-order chi connectivity index (χ1) is 12.9. The van der Waals surface area contributed by atoms with Crippen molar-refractivity contribution in [2.24, 2.45) is 5.92 Å². The molecule has 0 aliphatic carbocycles. The van der Waals surface area contributed by atoms with Crippen LogP contribution in [-0.2, 0) is 19.4 Å². The molecule has 0 aromatic heterocycles. The smallest absolute Gasteiger partial charge is 0.228 e. The summed E-state index contributed by atoms with van der Waals surface area (Å²) in [6, 6.07) is 6.96. The van der Waals surface area contributed by atoms with Gasteiger partial charge >= 0.3 is 0 Å². The fourth-order valence-electron chi connectivity index (χ4n) is 3.93. The van der Waals surface area contributed by atoms with Gasteiger partial charge in [0, 0.05) is 25.6 Å². The van der Waals surface area contributed by atoms with E-state index in [0.29, 0.717) is 24.4 Å². The number of nitrogens with zero attached hydrogens (tertiary/aromatic N) is 2. The van der Waals surface area contributed by atoms with Crippen molar-refractivity contribution in [1.29, 1.82) is 0 Å². The lowest BCUT2D eigenvalue weighted by Gasteiger charge is -2.30. The van der Waals surface area contributed by atoms with Crippen molar-refractivity contribution >= 4 is 27.3 Å². The average molecular weight is 394 g/mol. The van der Waals surface area contributed by atoms with E-state index < -0.39 is 15.8 Å². The molecule has 27 heavy (non-hydrogen) atoms. The minimum absolute atomic E-state index is 0.0234. The van der Waals surface area contributed by atoms with Crippen LogP contribution in [0.15, 0.2) is 24.3 Å². The molecule has 0 saturated carbocycles. The molecular weight excluding hydrogens is 368 g/mol. The normalized spacial score (nSPS) is 24.2. The number of rotatable bonds is 6.